The van der Waals surface area contributed by atoms with Gasteiger partial charge in [0.2, 0.25) is 0 Å². The fourth-order valence-electron chi connectivity index (χ4n) is 2.98. The molecule has 28 heavy (non-hydrogen) atoms. The van der Waals surface area contributed by atoms with E-state index < -0.39 is 0 Å². The van der Waals surface area contributed by atoms with Gasteiger partial charge in [-0.1, -0.05) is 36.4 Å². The largest absolute Gasteiger partial charge is 0.484 e. The van der Waals surface area contributed by atoms with E-state index in [4.69, 9.17) is 4.74 Å². The summed E-state index contributed by atoms with van der Waals surface area (Å²) >= 11 is 5.66. The Morgan fingerprint density at radius 3 is 2.54 bits per heavy atom. The van der Waals surface area contributed by atoms with Crippen LogP contribution in [-0.4, -0.2) is 24.0 Å². The van der Waals surface area contributed by atoms with E-state index in [0.717, 1.165) is 21.9 Å². The molecule has 1 fully saturated rings. The zero-order valence-electron chi connectivity index (χ0n) is 15.3. The van der Waals surface area contributed by atoms with Crippen LogP contribution in [0.3, 0.4) is 0 Å². The van der Waals surface area contributed by atoms with E-state index in [1.165, 1.54) is 23.5 Å². The molecule has 1 aliphatic heterocycles. The highest BCUT2D eigenvalue weighted by atomic mass is 32.2. The van der Waals surface area contributed by atoms with Crippen molar-refractivity contribution in [1.29, 1.82) is 0 Å². The van der Waals surface area contributed by atoms with Crippen molar-refractivity contribution in [3.63, 3.8) is 0 Å². The number of nitrogens with one attached hydrogen (secondary N) is 1. The predicted molar refractivity (Wildman–Crippen MR) is 123 cm³/mol. The lowest BCUT2D eigenvalue weighted by Crippen LogP contribution is -2.20. The number of ether oxygens (including phenoxy) is 1. The molecule has 0 saturated carbocycles. The minimum absolute atomic E-state index is 0.00888. The Balaban J connectivity index is 1.34. The number of carbonyl (C=O) groups is 1. The highest BCUT2D eigenvalue weighted by Gasteiger charge is 2.16. The summed E-state index contributed by atoms with van der Waals surface area (Å²) in [6.45, 7) is -0.00888. The Labute approximate surface area is 177 Å². The molecular weight excluding hydrogens is 406 g/mol. The summed E-state index contributed by atoms with van der Waals surface area (Å²) in [5.41, 5.74) is 3.15. The highest BCUT2D eigenvalue weighted by molar-refractivity contribution is 8.16. The first-order chi connectivity index (χ1) is 13.8. The molecule has 1 aromatic heterocycles. The molecule has 3 aromatic rings. The van der Waals surface area contributed by atoms with Crippen molar-refractivity contribution in [2.45, 2.75) is 11.0 Å². The van der Waals surface area contributed by atoms with Crippen molar-refractivity contribution in [2.75, 3.05) is 23.4 Å². The summed E-state index contributed by atoms with van der Waals surface area (Å²) in [5, 5.41) is 5.00. The Morgan fingerprint density at radius 2 is 1.79 bits per heavy atom. The average Bonchev–Trinajstić information content (AvgIpc) is 3.28. The number of amides is 1. The minimum Gasteiger partial charge on any atom is -0.484 e. The first-order valence-corrected chi connectivity index (χ1v) is 12.2. The van der Waals surface area contributed by atoms with E-state index in [9.17, 15) is 4.79 Å². The molecule has 1 amide bonds. The number of anilines is 1. The SMILES string of the molecule is O=C(COc1ccc(C2SCCCS2)cc1)Nc1ccccc1-c1cccs1. The van der Waals surface area contributed by atoms with Crippen LogP contribution >= 0.6 is 34.9 Å². The van der Waals surface area contributed by atoms with Crippen molar-refractivity contribution >= 4 is 46.5 Å². The Morgan fingerprint density at radius 1 is 1.00 bits per heavy atom. The first kappa shape index (κ1) is 19.4. The quantitative estimate of drug-likeness (QED) is 0.501. The maximum atomic E-state index is 12.4. The van der Waals surface area contributed by atoms with Gasteiger partial charge >= 0.3 is 0 Å². The smallest absolute Gasteiger partial charge is 0.262 e. The number of hydrogen-bond acceptors (Lipinski definition) is 5. The second kappa shape index (κ2) is 9.54. The summed E-state index contributed by atoms with van der Waals surface area (Å²) in [6.07, 6.45) is 1.29. The third-order valence-electron chi connectivity index (χ3n) is 4.34. The molecule has 0 spiro atoms. The van der Waals surface area contributed by atoms with Gasteiger partial charge in [-0.25, -0.2) is 0 Å². The lowest BCUT2D eigenvalue weighted by molar-refractivity contribution is -0.118. The van der Waals surface area contributed by atoms with Gasteiger partial charge in [0.15, 0.2) is 6.61 Å². The van der Waals surface area contributed by atoms with Crippen molar-refractivity contribution in [1.82, 2.24) is 0 Å². The maximum absolute atomic E-state index is 12.4. The van der Waals surface area contributed by atoms with Gasteiger partial charge in [-0.05, 0) is 53.1 Å². The number of benzene rings is 2. The molecule has 0 atom stereocenters. The molecule has 6 heteroatoms. The van der Waals surface area contributed by atoms with Crippen molar-refractivity contribution in [3.05, 3.63) is 71.6 Å². The first-order valence-electron chi connectivity index (χ1n) is 9.18. The van der Waals surface area contributed by atoms with E-state index in [2.05, 4.69) is 23.5 Å². The molecule has 0 bridgehead atoms. The van der Waals surface area contributed by atoms with Crippen LogP contribution in [0.1, 0.15) is 16.6 Å². The van der Waals surface area contributed by atoms with Crippen LogP contribution in [-0.2, 0) is 4.79 Å². The van der Waals surface area contributed by atoms with Gasteiger partial charge in [0.05, 0.1) is 4.58 Å². The van der Waals surface area contributed by atoms with Gasteiger partial charge in [0, 0.05) is 16.1 Å². The number of carbonyl (C=O) groups excluding carboxylic acids is 1. The van der Waals surface area contributed by atoms with E-state index in [-0.39, 0.29) is 12.5 Å². The molecule has 144 valence electrons. The lowest BCUT2D eigenvalue weighted by Gasteiger charge is -2.21. The van der Waals surface area contributed by atoms with Crippen LogP contribution in [0.5, 0.6) is 5.75 Å². The number of thiophene rings is 1. The molecule has 2 aromatic carbocycles. The second-order valence-corrected chi connectivity index (χ2v) is 10.0. The fourth-order valence-corrected chi connectivity index (χ4v) is 6.64. The average molecular weight is 428 g/mol. The molecule has 0 unspecified atom stereocenters. The standard InChI is InChI=1S/C22H21NO2S3/c24-21(23-19-6-2-1-5-18(19)20-7-3-12-26-20)15-25-17-10-8-16(9-11-17)22-27-13-4-14-28-22/h1-3,5-12,22H,4,13-15H2,(H,23,24). The monoisotopic (exact) mass is 427 g/mol. The zero-order chi connectivity index (χ0) is 19.2. The van der Waals surface area contributed by atoms with Gasteiger partial charge < -0.3 is 10.1 Å². The topological polar surface area (TPSA) is 38.3 Å². The second-order valence-electron chi connectivity index (χ2n) is 6.36. The fraction of sp³-hybridized carbons (Fsp3) is 0.227. The number of hydrogen-bond donors (Lipinski definition) is 1. The van der Waals surface area contributed by atoms with Crippen molar-refractivity contribution in [3.8, 4) is 16.2 Å². The summed E-state index contributed by atoms with van der Waals surface area (Å²) in [6, 6.07) is 20.0. The van der Waals surface area contributed by atoms with Crippen LogP contribution in [0.4, 0.5) is 5.69 Å². The normalized spacial score (nSPS) is 14.6. The lowest BCUT2D eigenvalue weighted by atomic mass is 10.1. The molecule has 1 N–H and O–H groups in total. The molecule has 2 heterocycles. The van der Waals surface area contributed by atoms with E-state index in [1.807, 2.05) is 71.4 Å². The van der Waals surface area contributed by atoms with Crippen LogP contribution in [0.2, 0.25) is 0 Å². The van der Waals surface area contributed by atoms with E-state index >= 15 is 0 Å². The maximum Gasteiger partial charge on any atom is 0.262 e. The molecule has 1 saturated heterocycles. The van der Waals surface area contributed by atoms with Crippen LogP contribution in [0, 0.1) is 0 Å². The predicted octanol–water partition coefficient (Wildman–Crippen LogP) is 6.30. The third-order valence-corrected chi connectivity index (χ3v) is 8.26. The van der Waals surface area contributed by atoms with E-state index in [1.54, 1.807) is 11.3 Å². The van der Waals surface area contributed by atoms with Gasteiger partial charge in [-0.15, -0.1) is 34.9 Å². The van der Waals surface area contributed by atoms with Crippen LogP contribution in [0.15, 0.2) is 66.0 Å². The Bertz CT molecular complexity index is 904. The van der Waals surface area contributed by atoms with Crippen molar-refractivity contribution in [2.24, 2.45) is 0 Å². The molecule has 0 radical (unpaired) electrons. The van der Waals surface area contributed by atoms with Crippen molar-refractivity contribution < 1.29 is 9.53 Å². The zero-order valence-corrected chi connectivity index (χ0v) is 17.7. The highest BCUT2D eigenvalue weighted by Crippen LogP contribution is 2.43. The summed E-state index contributed by atoms with van der Waals surface area (Å²) in [7, 11) is 0. The molecule has 3 nitrogen and oxygen atoms in total. The summed E-state index contributed by atoms with van der Waals surface area (Å²) in [4.78, 5) is 13.5. The van der Waals surface area contributed by atoms with Gasteiger partial charge in [0.1, 0.15) is 5.75 Å². The van der Waals surface area contributed by atoms with Gasteiger partial charge in [-0.3, -0.25) is 4.79 Å². The van der Waals surface area contributed by atoms with Gasteiger partial charge in [0.25, 0.3) is 5.91 Å². The van der Waals surface area contributed by atoms with Gasteiger partial charge in [-0.2, -0.15) is 0 Å². The molecule has 1 aliphatic rings. The van der Waals surface area contributed by atoms with Crippen LogP contribution in [0.25, 0.3) is 10.4 Å². The van der Waals surface area contributed by atoms with E-state index in [0.29, 0.717) is 4.58 Å². The number of para-hydroxylation sites is 1. The Hall–Kier alpha value is -1.89. The number of thioether (sulfide) groups is 2. The third kappa shape index (κ3) is 4.93. The minimum atomic E-state index is -0.161. The number of rotatable bonds is 6. The Kier molecular flexibility index (Phi) is 6.62. The molecule has 4 rings (SSSR count). The van der Waals surface area contributed by atoms with Crippen LogP contribution < -0.4 is 10.1 Å². The summed E-state index contributed by atoms with van der Waals surface area (Å²) in [5.74, 6) is 3.01. The molecular formula is C22H21NO2S3. The molecule has 0 aliphatic carbocycles. The summed E-state index contributed by atoms with van der Waals surface area (Å²) < 4.78 is 6.20.